The summed E-state index contributed by atoms with van der Waals surface area (Å²) in [6, 6.07) is 8.70. The highest BCUT2D eigenvalue weighted by molar-refractivity contribution is 5.90. The van der Waals surface area contributed by atoms with Crippen molar-refractivity contribution in [3.8, 4) is 6.07 Å². The molecular formula is C18H24N4O5. The second-order valence-electron chi connectivity index (χ2n) is 5.81. The molecule has 0 unspecified atom stereocenters. The number of nitrogens with one attached hydrogen (secondary N) is 2. The van der Waals surface area contributed by atoms with Crippen molar-refractivity contribution >= 4 is 17.9 Å². The predicted molar refractivity (Wildman–Crippen MR) is 95.8 cm³/mol. The van der Waals surface area contributed by atoms with Gasteiger partial charge in [0.15, 0.2) is 0 Å². The summed E-state index contributed by atoms with van der Waals surface area (Å²) >= 11 is 0. The largest absolute Gasteiger partial charge is 0.445 e. The number of rotatable bonds is 11. The van der Waals surface area contributed by atoms with E-state index in [2.05, 4.69) is 10.6 Å². The van der Waals surface area contributed by atoms with Crippen LogP contribution in [-0.2, 0) is 20.9 Å². The van der Waals surface area contributed by atoms with Crippen molar-refractivity contribution in [3.63, 3.8) is 0 Å². The van der Waals surface area contributed by atoms with Crippen LogP contribution in [0.25, 0.3) is 0 Å². The number of aliphatic hydroxyl groups excluding tert-OH is 1. The number of carbonyl (C=O) groups excluding carboxylic acids is 3. The monoisotopic (exact) mass is 376 g/mol. The first-order valence-electron chi connectivity index (χ1n) is 8.52. The number of hydrogen-bond donors (Lipinski definition) is 4. The molecule has 3 amide bonds. The smallest absolute Gasteiger partial charge is 0.408 e. The molecule has 1 rings (SSSR count). The quantitative estimate of drug-likeness (QED) is 0.408. The Hall–Kier alpha value is -3.12. The van der Waals surface area contributed by atoms with Crippen LogP contribution in [-0.4, -0.2) is 41.7 Å². The standard InChI is InChI=1S/C18H24N4O5/c19-10-6-2-5-9-14(16(20)24)21-17(25)15(11-23)22-18(26)27-12-13-7-3-1-4-8-13/h1,3-4,7-8,14-15,23H,2,5-6,9,11-12H2,(H2,20,24)(H,21,25)(H,22,26)/t14-,15+/m1/s1. The Morgan fingerprint density at radius 2 is 1.85 bits per heavy atom. The molecule has 0 saturated heterocycles. The summed E-state index contributed by atoms with van der Waals surface area (Å²) in [6.45, 7) is -0.665. The molecule has 0 aliphatic rings. The predicted octanol–water partition coefficient (Wildman–Crippen LogP) is 0.328. The molecule has 27 heavy (non-hydrogen) atoms. The lowest BCUT2D eigenvalue weighted by Crippen LogP contribution is -2.54. The lowest BCUT2D eigenvalue weighted by Gasteiger charge is -2.20. The zero-order valence-electron chi connectivity index (χ0n) is 14.9. The zero-order chi connectivity index (χ0) is 20.1. The van der Waals surface area contributed by atoms with Crippen molar-refractivity contribution in [2.45, 2.75) is 44.4 Å². The van der Waals surface area contributed by atoms with E-state index in [1.165, 1.54) is 0 Å². The first kappa shape index (κ1) is 21.9. The maximum atomic E-state index is 12.2. The Morgan fingerprint density at radius 3 is 2.44 bits per heavy atom. The van der Waals surface area contributed by atoms with Gasteiger partial charge in [-0.3, -0.25) is 9.59 Å². The Bertz CT molecular complexity index is 659. The summed E-state index contributed by atoms with van der Waals surface area (Å²) < 4.78 is 4.99. The van der Waals surface area contributed by atoms with Crippen LogP contribution in [0.5, 0.6) is 0 Å². The fraction of sp³-hybridized carbons (Fsp3) is 0.444. The number of primary amides is 1. The Morgan fingerprint density at radius 1 is 1.15 bits per heavy atom. The van der Waals surface area contributed by atoms with Crippen molar-refractivity contribution in [1.29, 1.82) is 5.26 Å². The van der Waals surface area contributed by atoms with Gasteiger partial charge in [0.2, 0.25) is 11.8 Å². The minimum Gasteiger partial charge on any atom is -0.445 e. The molecule has 0 bridgehead atoms. The molecule has 0 heterocycles. The van der Waals surface area contributed by atoms with E-state index < -0.39 is 36.6 Å². The van der Waals surface area contributed by atoms with E-state index in [0.29, 0.717) is 19.3 Å². The summed E-state index contributed by atoms with van der Waals surface area (Å²) in [5.74, 6) is -1.48. The van der Waals surface area contributed by atoms with Gasteiger partial charge >= 0.3 is 6.09 Å². The van der Waals surface area contributed by atoms with Crippen LogP contribution in [0.4, 0.5) is 4.79 Å². The molecule has 2 atom stereocenters. The highest BCUT2D eigenvalue weighted by atomic mass is 16.5. The van der Waals surface area contributed by atoms with Gasteiger partial charge in [0, 0.05) is 6.42 Å². The van der Waals surface area contributed by atoms with Gasteiger partial charge in [-0.2, -0.15) is 5.26 Å². The number of nitrogens with zero attached hydrogens (tertiary/aromatic N) is 1. The number of carbonyl (C=O) groups is 3. The SMILES string of the molecule is N#CCCCC[C@@H](NC(=O)[C@H](CO)NC(=O)OCc1ccccc1)C(N)=O. The van der Waals surface area contributed by atoms with Crippen LogP contribution in [0, 0.1) is 11.3 Å². The van der Waals surface area contributed by atoms with E-state index in [0.717, 1.165) is 5.56 Å². The maximum Gasteiger partial charge on any atom is 0.408 e. The molecule has 146 valence electrons. The van der Waals surface area contributed by atoms with Crippen LogP contribution in [0.15, 0.2) is 30.3 Å². The number of unbranched alkanes of at least 4 members (excludes halogenated alkanes) is 2. The van der Waals surface area contributed by atoms with Crippen molar-refractivity contribution < 1.29 is 24.2 Å². The van der Waals surface area contributed by atoms with Gasteiger partial charge in [-0.05, 0) is 24.8 Å². The normalized spacial score (nSPS) is 12.3. The number of nitriles is 1. The van der Waals surface area contributed by atoms with Crippen LogP contribution in [0.3, 0.4) is 0 Å². The second-order valence-corrected chi connectivity index (χ2v) is 5.81. The Kier molecular flexibility index (Phi) is 9.96. The molecule has 0 aliphatic heterocycles. The van der Waals surface area contributed by atoms with Crippen molar-refractivity contribution in [3.05, 3.63) is 35.9 Å². The third kappa shape index (κ3) is 8.69. The van der Waals surface area contributed by atoms with Crippen LogP contribution in [0.2, 0.25) is 0 Å². The van der Waals surface area contributed by atoms with Gasteiger partial charge in [-0.25, -0.2) is 4.79 Å². The average Bonchev–Trinajstić information content (AvgIpc) is 2.67. The molecule has 5 N–H and O–H groups in total. The fourth-order valence-electron chi connectivity index (χ4n) is 2.21. The molecule has 1 aromatic carbocycles. The van der Waals surface area contributed by atoms with Gasteiger partial charge in [-0.1, -0.05) is 30.3 Å². The van der Waals surface area contributed by atoms with E-state index in [-0.39, 0.29) is 13.0 Å². The van der Waals surface area contributed by atoms with Gasteiger partial charge in [0.1, 0.15) is 18.7 Å². The number of ether oxygens (including phenoxy) is 1. The number of alkyl carbamates (subject to hydrolysis) is 1. The highest BCUT2D eigenvalue weighted by Gasteiger charge is 2.25. The minimum absolute atomic E-state index is 0.00917. The molecule has 0 radical (unpaired) electrons. The van der Waals surface area contributed by atoms with E-state index in [1.807, 2.05) is 12.1 Å². The van der Waals surface area contributed by atoms with E-state index in [9.17, 15) is 19.5 Å². The molecule has 0 aliphatic carbocycles. The van der Waals surface area contributed by atoms with Crippen LogP contribution in [0.1, 0.15) is 31.2 Å². The molecule has 9 heteroatoms. The molecule has 0 spiro atoms. The summed E-state index contributed by atoms with van der Waals surface area (Å²) in [5, 5.41) is 22.5. The van der Waals surface area contributed by atoms with Crippen molar-refractivity contribution in [1.82, 2.24) is 10.6 Å². The van der Waals surface area contributed by atoms with Crippen LogP contribution >= 0.6 is 0 Å². The Labute approximate surface area is 157 Å². The third-order valence-corrected chi connectivity index (χ3v) is 3.70. The fourth-order valence-corrected chi connectivity index (χ4v) is 2.21. The molecule has 1 aromatic rings. The summed E-state index contributed by atoms with van der Waals surface area (Å²) in [4.78, 5) is 35.5. The van der Waals surface area contributed by atoms with E-state index in [4.69, 9.17) is 15.7 Å². The van der Waals surface area contributed by atoms with Gasteiger partial charge < -0.3 is 26.2 Å². The lowest BCUT2D eigenvalue weighted by atomic mass is 10.1. The molecule has 0 saturated carbocycles. The van der Waals surface area contributed by atoms with Crippen LogP contribution < -0.4 is 16.4 Å². The second kappa shape index (κ2) is 12.3. The van der Waals surface area contributed by atoms with Gasteiger partial charge in [-0.15, -0.1) is 0 Å². The Balaban J connectivity index is 2.49. The van der Waals surface area contributed by atoms with Gasteiger partial charge in [0.25, 0.3) is 0 Å². The molecule has 9 nitrogen and oxygen atoms in total. The number of nitrogens with two attached hydrogens (primary N) is 1. The third-order valence-electron chi connectivity index (χ3n) is 3.70. The number of hydrogen-bond acceptors (Lipinski definition) is 6. The van der Waals surface area contributed by atoms with Crippen molar-refractivity contribution in [2.24, 2.45) is 5.73 Å². The average molecular weight is 376 g/mol. The molecule has 0 aromatic heterocycles. The summed E-state index contributed by atoms with van der Waals surface area (Å²) in [5.41, 5.74) is 6.03. The van der Waals surface area contributed by atoms with E-state index >= 15 is 0 Å². The minimum atomic E-state index is -1.28. The summed E-state index contributed by atoms with van der Waals surface area (Å²) in [7, 11) is 0. The number of amides is 3. The number of benzene rings is 1. The summed E-state index contributed by atoms with van der Waals surface area (Å²) in [6.07, 6.45) is 0.826. The first-order valence-corrected chi connectivity index (χ1v) is 8.52. The number of aliphatic hydroxyl groups is 1. The van der Waals surface area contributed by atoms with E-state index in [1.54, 1.807) is 24.3 Å². The lowest BCUT2D eigenvalue weighted by molar-refractivity contribution is -0.129. The van der Waals surface area contributed by atoms with Crippen molar-refractivity contribution in [2.75, 3.05) is 6.61 Å². The first-order chi connectivity index (χ1) is 13.0. The molecule has 0 fully saturated rings. The zero-order valence-corrected chi connectivity index (χ0v) is 14.9. The topological polar surface area (TPSA) is 155 Å². The highest BCUT2D eigenvalue weighted by Crippen LogP contribution is 2.04. The van der Waals surface area contributed by atoms with Gasteiger partial charge in [0.05, 0.1) is 12.7 Å². The molecular weight excluding hydrogens is 352 g/mol. The maximum absolute atomic E-state index is 12.2.